The first-order chi connectivity index (χ1) is 10.0. The summed E-state index contributed by atoms with van der Waals surface area (Å²) in [6, 6.07) is 5.92. The van der Waals surface area contributed by atoms with E-state index in [1.54, 1.807) is 6.20 Å². The number of aromatic nitrogens is 1. The maximum atomic E-state index is 14.2. The first kappa shape index (κ1) is 16.0. The van der Waals surface area contributed by atoms with E-state index < -0.39 is 17.7 Å². The van der Waals surface area contributed by atoms with Gasteiger partial charge >= 0.3 is 0 Å². The average molecular weight is 355 g/mol. The van der Waals surface area contributed by atoms with Gasteiger partial charge in [-0.2, -0.15) is 0 Å². The van der Waals surface area contributed by atoms with Crippen molar-refractivity contribution in [2.24, 2.45) is 0 Å². The lowest BCUT2D eigenvalue weighted by molar-refractivity contribution is 0.469. The smallest absolute Gasteiger partial charge is 0.132 e. The topological polar surface area (TPSA) is 24.9 Å². The molecule has 0 amide bonds. The van der Waals surface area contributed by atoms with Crippen LogP contribution in [0.2, 0.25) is 0 Å². The quantitative estimate of drug-likeness (QED) is 0.864. The van der Waals surface area contributed by atoms with Crippen LogP contribution >= 0.6 is 15.9 Å². The lowest BCUT2D eigenvalue weighted by Crippen LogP contribution is -2.25. The van der Waals surface area contributed by atoms with E-state index >= 15 is 0 Å². The fourth-order valence-corrected chi connectivity index (χ4v) is 2.74. The van der Waals surface area contributed by atoms with Crippen molar-refractivity contribution in [2.45, 2.75) is 26.3 Å². The molecule has 0 radical (unpaired) electrons. The third-order valence-corrected chi connectivity index (χ3v) is 3.82. The fraction of sp³-hybridized carbons (Fsp3) is 0.312. The molecule has 0 aliphatic rings. The molecule has 5 heteroatoms. The molecule has 0 bridgehead atoms. The van der Waals surface area contributed by atoms with Crippen LogP contribution in [0.5, 0.6) is 0 Å². The number of rotatable bonds is 5. The molecule has 0 saturated carbocycles. The minimum atomic E-state index is -0.554. The van der Waals surface area contributed by atoms with Gasteiger partial charge in [0.05, 0.1) is 0 Å². The van der Waals surface area contributed by atoms with E-state index in [1.807, 2.05) is 26.0 Å². The Labute approximate surface area is 131 Å². The van der Waals surface area contributed by atoms with Crippen LogP contribution in [0, 0.1) is 18.6 Å². The van der Waals surface area contributed by atoms with Crippen LogP contribution in [-0.4, -0.2) is 11.5 Å². The molecule has 1 aromatic carbocycles. The summed E-state index contributed by atoms with van der Waals surface area (Å²) in [5, 5.41) is 3.14. The minimum Gasteiger partial charge on any atom is -0.310 e. The first-order valence-electron chi connectivity index (χ1n) is 6.81. The SMILES string of the molecule is CCNC(Cc1ncccc1C)c1c(F)cc(Br)cc1F. The van der Waals surface area contributed by atoms with Gasteiger partial charge in [0.15, 0.2) is 0 Å². The van der Waals surface area contributed by atoms with E-state index in [2.05, 4.69) is 26.2 Å². The third kappa shape index (κ3) is 3.86. The number of likely N-dealkylation sites (N-methyl/N-ethyl adjacent to an activating group) is 1. The summed E-state index contributed by atoms with van der Waals surface area (Å²) in [4.78, 5) is 4.31. The molecule has 1 heterocycles. The maximum Gasteiger partial charge on any atom is 0.132 e. The molecule has 0 aliphatic carbocycles. The Morgan fingerprint density at radius 2 is 1.95 bits per heavy atom. The fourth-order valence-electron chi connectivity index (χ4n) is 2.33. The number of aryl methyl sites for hydroxylation is 1. The number of benzene rings is 1. The van der Waals surface area contributed by atoms with Crippen molar-refractivity contribution in [1.82, 2.24) is 10.3 Å². The average Bonchev–Trinajstić information content (AvgIpc) is 2.40. The molecule has 0 spiro atoms. The van der Waals surface area contributed by atoms with Gasteiger partial charge in [-0.1, -0.05) is 28.9 Å². The predicted octanol–water partition coefficient (Wildman–Crippen LogP) is 4.32. The number of nitrogens with zero attached hydrogens (tertiary/aromatic N) is 1. The molecule has 2 aromatic rings. The Morgan fingerprint density at radius 3 is 2.52 bits per heavy atom. The predicted molar refractivity (Wildman–Crippen MR) is 83.2 cm³/mol. The standard InChI is InChI=1S/C16H17BrF2N2/c1-3-20-15(9-14-10(2)5-4-6-21-14)16-12(18)7-11(17)8-13(16)19/h4-8,15,20H,3,9H2,1-2H3. The van der Waals surface area contributed by atoms with Crippen molar-refractivity contribution < 1.29 is 8.78 Å². The largest absolute Gasteiger partial charge is 0.310 e. The second kappa shape index (κ2) is 7.09. The lowest BCUT2D eigenvalue weighted by Gasteiger charge is -2.20. The zero-order chi connectivity index (χ0) is 15.4. The van der Waals surface area contributed by atoms with Gasteiger partial charge in [0.25, 0.3) is 0 Å². The van der Waals surface area contributed by atoms with Crippen molar-refractivity contribution in [3.8, 4) is 0 Å². The van der Waals surface area contributed by atoms with E-state index in [1.165, 1.54) is 12.1 Å². The molecule has 2 rings (SSSR count). The molecule has 21 heavy (non-hydrogen) atoms. The monoisotopic (exact) mass is 354 g/mol. The normalized spacial score (nSPS) is 12.4. The third-order valence-electron chi connectivity index (χ3n) is 3.36. The van der Waals surface area contributed by atoms with Gasteiger partial charge in [-0.25, -0.2) is 8.78 Å². The highest BCUT2D eigenvalue weighted by molar-refractivity contribution is 9.10. The summed E-state index contributed by atoms with van der Waals surface area (Å²) >= 11 is 3.10. The number of pyridine rings is 1. The molecule has 1 atom stereocenters. The van der Waals surface area contributed by atoms with Gasteiger partial charge < -0.3 is 5.32 Å². The number of nitrogens with one attached hydrogen (secondary N) is 1. The van der Waals surface area contributed by atoms with Crippen molar-refractivity contribution in [1.29, 1.82) is 0 Å². The molecule has 1 unspecified atom stereocenters. The van der Waals surface area contributed by atoms with Gasteiger partial charge in [-0.05, 0) is 37.2 Å². The van der Waals surface area contributed by atoms with Crippen LogP contribution in [0.15, 0.2) is 34.9 Å². The Balaban J connectivity index is 2.38. The number of hydrogen-bond acceptors (Lipinski definition) is 2. The van der Waals surface area contributed by atoms with E-state index in [4.69, 9.17) is 0 Å². The van der Waals surface area contributed by atoms with Crippen molar-refractivity contribution in [2.75, 3.05) is 6.54 Å². The molecule has 0 fully saturated rings. The molecule has 0 aliphatic heterocycles. The molecular formula is C16H17BrF2N2. The highest BCUT2D eigenvalue weighted by atomic mass is 79.9. The van der Waals surface area contributed by atoms with E-state index in [9.17, 15) is 8.78 Å². The zero-order valence-electron chi connectivity index (χ0n) is 12.0. The summed E-state index contributed by atoms with van der Waals surface area (Å²) in [6.07, 6.45) is 2.13. The second-order valence-electron chi connectivity index (χ2n) is 4.86. The lowest BCUT2D eigenvalue weighted by atomic mass is 9.98. The molecule has 0 saturated heterocycles. The highest BCUT2D eigenvalue weighted by Crippen LogP contribution is 2.27. The van der Waals surface area contributed by atoms with Crippen LogP contribution < -0.4 is 5.32 Å². The molecule has 1 aromatic heterocycles. The molecule has 2 nitrogen and oxygen atoms in total. The van der Waals surface area contributed by atoms with E-state index in [0.29, 0.717) is 17.4 Å². The Bertz CT molecular complexity index is 608. The molecular weight excluding hydrogens is 338 g/mol. The van der Waals surface area contributed by atoms with E-state index in [0.717, 1.165) is 11.3 Å². The summed E-state index contributed by atoms with van der Waals surface area (Å²) in [6.45, 7) is 4.47. The minimum absolute atomic E-state index is 0.0603. The van der Waals surface area contributed by atoms with Crippen LogP contribution in [-0.2, 0) is 6.42 Å². The van der Waals surface area contributed by atoms with Crippen molar-refractivity contribution in [3.63, 3.8) is 0 Å². The van der Waals surface area contributed by atoms with Gasteiger partial charge in [0.2, 0.25) is 0 Å². The van der Waals surface area contributed by atoms with Gasteiger partial charge in [-0.3, -0.25) is 4.98 Å². The summed E-state index contributed by atoms with van der Waals surface area (Å²) in [7, 11) is 0. The summed E-state index contributed by atoms with van der Waals surface area (Å²) in [5.74, 6) is -1.11. The number of hydrogen-bond donors (Lipinski definition) is 1. The number of halogens is 3. The van der Waals surface area contributed by atoms with Crippen LogP contribution in [0.25, 0.3) is 0 Å². The van der Waals surface area contributed by atoms with Crippen molar-refractivity contribution in [3.05, 3.63) is 63.4 Å². The Hall–Kier alpha value is -1.33. The Morgan fingerprint density at radius 1 is 1.29 bits per heavy atom. The van der Waals surface area contributed by atoms with Crippen LogP contribution in [0.1, 0.15) is 29.8 Å². The second-order valence-corrected chi connectivity index (χ2v) is 5.78. The summed E-state index contributed by atoms with van der Waals surface area (Å²) < 4.78 is 28.7. The van der Waals surface area contributed by atoms with Gasteiger partial charge in [0.1, 0.15) is 11.6 Å². The summed E-state index contributed by atoms with van der Waals surface area (Å²) in [5.41, 5.74) is 1.91. The zero-order valence-corrected chi connectivity index (χ0v) is 13.5. The molecule has 112 valence electrons. The van der Waals surface area contributed by atoms with Crippen LogP contribution in [0.3, 0.4) is 0 Å². The first-order valence-corrected chi connectivity index (χ1v) is 7.60. The molecule has 1 N–H and O–H groups in total. The highest BCUT2D eigenvalue weighted by Gasteiger charge is 2.21. The van der Waals surface area contributed by atoms with Gasteiger partial charge in [-0.15, -0.1) is 0 Å². The maximum absolute atomic E-state index is 14.2. The van der Waals surface area contributed by atoms with Gasteiger partial charge in [0, 0.05) is 34.4 Å². The van der Waals surface area contributed by atoms with Crippen LogP contribution in [0.4, 0.5) is 8.78 Å². The van der Waals surface area contributed by atoms with Crippen molar-refractivity contribution >= 4 is 15.9 Å². The van der Waals surface area contributed by atoms with E-state index in [-0.39, 0.29) is 5.56 Å². The Kier molecular flexibility index (Phi) is 5.42.